The molecule has 1 fully saturated rings. The van der Waals surface area contributed by atoms with Crippen molar-refractivity contribution in [3.63, 3.8) is 0 Å². The first-order valence-corrected chi connectivity index (χ1v) is 6.68. The zero-order chi connectivity index (χ0) is 13.0. The van der Waals surface area contributed by atoms with E-state index in [0.29, 0.717) is 5.02 Å². The molecular formula is C14H18ClNO2. The molecule has 2 atom stereocenters. The molecule has 18 heavy (non-hydrogen) atoms. The van der Waals surface area contributed by atoms with E-state index in [1.807, 2.05) is 12.1 Å². The number of hydrogen-bond donors (Lipinski definition) is 1. The van der Waals surface area contributed by atoms with Gasteiger partial charge in [0.15, 0.2) is 0 Å². The molecule has 98 valence electrons. The minimum Gasteiger partial charge on any atom is -0.396 e. The Hall–Kier alpha value is -0.900. The van der Waals surface area contributed by atoms with Gasteiger partial charge in [0.2, 0.25) is 0 Å². The molecule has 0 aromatic heterocycles. The van der Waals surface area contributed by atoms with Gasteiger partial charge < -0.3 is 9.90 Å². The van der Waals surface area contributed by atoms with Gasteiger partial charge in [0.25, 0.3) is 0 Å². The maximum absolute atomic E-state index is 11.3. The van der Waals surface area contributed by atoms with Crippen LogP contribution in [-0.2, 0) is 4.79 Å². The smallest absolute Gasteiger partial charge is 0.141 e. The summed E-state index contributed by atoms with van der Waals surface area (Å²) in [6.07, 6.45) is 3.05. The van der Waals surface area contributed by atoms with Gasteiger partial charge in [-0.15, -0.1) is 0 Å². The van der Waals surface area contributed by atoms with Crippen LogP contribution in [-0.4, -0.2) is 36.0 Å². The number of likely N-dealkylation sites (tertiary alicyclic amines) is 1. The second-order valence-electron chi connectivity index (χ2n) is 4.82. The lowest BCUT2D eigenvalue weighted by Gasteiger charge is -2.35. The molecule has 0 amide bonds. The van der Waals surface area contributed by atoms with Crippen LogP contribution in [0.15, 0.2) is 24.3 Å². The van der Waals surface area contributed by atoms with Crippen molar-refractivity contribution in [1.29, 1.82) is 0 Å². The third-order valence-corrected chi connectivity index (χ3v) is 3.79. The van der Waals surface area contributed by atoms with E-state index in [-0.39, 0.29) is 18.6 Å². The van der Waals surface area contributed by atoms with Crippen molar-refractivity contribution < 1.29 is 9.90 Å². The summed E-state index contributed by atoms with van der Waals surface area (Å²) < 4.78 is 0. The minimum atomic E-state index is -0.225. The Morgan fingerprint density at radius 3 is 2.78 bits per heavy atom. The van der Waals surface area contributed by atoms with Crippen LogP contribution in [0.1, 0.15) is 24.4 Å². The highest BCUT2D eigenvalue weighted by Gasteiger charge is 2.26. The molecule has 0 aliphatic carbocycles. The summed E-state index contributed by atoms with van der Waals surface area (Å²) in [6.45, 7) is 1.88. The SMILES string of the molecule is O=CC(c1ccc(Cl)cc1)N1CCCC(CO)C1. The van der Waals surface area contributed by atoms with Crippen molar-refractivity contribution in [2.24, 2.45) is 5.92 Å². The lowest BCUT2D eigenvalue weighted by molar-refractivity contribution is -0.113. The van der Waals surface area contributed by atoms with Crippen LogP contribution in [0.5, 0.6) is 0 Å². The number of carbonyl (C=O) groups is 1. The number of benzene rings is 1. The fourth-order valence-electron chi connectivity index (χ4n) is 2.53. The highest BCUT2D eigenvalue weighted by molar-refractivity contribution is 6.30. The Balaban J connectivity index is 2.12. The lowest BCUT2D eigenvalue weighted by Crippen LogP contribution is -2.39. The molecule has 3 nitrogen and oxygen atoms in total. The van der Waals surface area contributed by atoms with Crippen LogP contribution in [0.4, 0.5) is 0 Å². The molecule has 1 heterocycles. The van der Waals surface area contributed by atoms with Gasteiger partial charge in [-0.3, -0.25) is 4.90 Å². The summed E-state index contributed by atoms with van der Waals surface area (Å²) in [7, 11) is 0. The van der Waals surface area contributed by atoms with Gasteiger partial charge in [0, 0.05) is 18.2 Å². The number of rotatable bonds is 4. The minimum absolute atomic E-state index is 0.197. The monoisotopic (exact) mass is 267 g/mol. The van der Waals surface area contributed by atoms with E-state index in [0.717, 1.165) is 37.8 Å². The number of aliphatic hydroxyl groups excluding tert-OH is 1. The van der Waals surface area contributed by atoms with E-state index in [2.05, 4.69) is 4.90 Å². The molecule has 2 rings (SSSR count). The zero-order valence-corrected chi connectivity index (χ0v) is 11.0. The van der Waals surface area contributed by atoms with Crippen LogP contribution < -0.4 is 0 Å². The largest absolute Gasteiger partial charge is 0.396 e. The molecule has 0 saturated carbocycles. The third-order valence-electron chi connectivity index (χ3n) is 3.54. The number of nitrogens with zero attached hydrogens (tertiary/aromatic N) is 1. The Kier molecular flexibility index (Phi) is 4.75. The summed E-state index contributed by atoms with van der Waals surface area (Å²) >= 11 is 5.86. The fraction of sp³-hybridized carbons (Fsp3) is 0.500. The molecule has 1 aromatic rings. The average Bonchev–Trinajstić information content (AvgIpc) is 2.42. The van der Waals surface area contributed by atoms with E-state index in [1.54, 1.807) is 12.1 Å². The highest BCUT2D eigenvalue weighted by atomic mass is 35.5. The van der Waals surface area contributed by atoms with Gasteiger partial charge in [-0.1, -0.05) is 23.7 Å². The summed E-state index contributed by atoms with van der Waals surface area (Å²) in [5.74, 6) is 0.286. The molecule has 1 aliphatic rings. The lowest BCUT2D eigenvalue weighted by atomic mass is 9.96. The molecular weight excluding hydrogens is 250 g/mol. The number of aldehydes is 1. The summed E-state index contributed by atoms with van der Waals surface area (Å²) in [4.78, 5) is 13.5. The van der Waals surface area contributed by atoms with E-state index in [4.69, 9.17) is 11.6 Å². The molecule has 1 aromatic carbocycles. The second kappa shape index (κ2) is 6.32. The number of carbonyl (C=O) groups excluding carboxylic acids is 1. The number of halogens is 1. The third kappa shape index (κ3) is 3.10. The predicted molar refractivity (Wildman–Crippen MR) is 71.6 cm³/mol. The molecule has 4 heteroatoms. The summed E-state index contributed by atoms with van der Waals surface area (Å²) in [5.41, 5.74) is 0.966. The molecule has 1 saturated heterocycles. The van der Waals surface area contributed by atoms with Crippen molar-refractivity contribution in [3.05, 3.63) is 34.9 Å². The second-order valence-corrected chi connectivity index (χ2v) is 5.25. The van der Waals surface area contributed by atoms with Gasteiger partial charge in [-0.05, 0) is 43.0 Å². The Labute approximate surface area is 112 Å². The van der Waals surface area contributed by atoms with Gasteiger partial charge in [0.05, 0.1) is 6.04 Å². The predicted octanol–water partition coefficient (Wildman–Crippen LogP) is 2.28. The normalized spacial score (nSPS) is 22.7. The van der Waals surface area contributed by atoms with Crippen LogP contribution >= 0.6 is 11.6 Å². The first-order chi connectivity index (χ1) is 8.74. The molecule has 0 bridgehead atoms. The van der Waals surface area contributed by atoms with Crippen molar-refractivity contribution >= 4 is 17.9 Å². The molecule has 1 aliphatic heterocycles. The quantitative estimate of drug-likeness (QED) is 0.851. The van der Waals surface area contributed by atoms with Gasteiger partial charge in [-0.25, -0.2) is 0 Å². The Morgan fingerprint density at radius 2 is 2.17 bits per heavy atom. The Morgan fingerprint density at radius 1 is 1.44 bits per heavy atom. The van der Waals surface area contributed by atoms with Crippen LogP contribution in [0.2, 0.25) is 5.02 Å². The van der Waals surface area contributed by atoms with Gasteiger partial charge in [0.1, 0.15) is 6.29 Å². The summed E-state index contributed by atoms with van der Waals surface area (Å²) in [6, 6.07) is 7.17. The van der Waals surface area contributed by atoms with Gasteiger partial charge in [-0.2, -0.15) is 0 Å². The molecule has 1 N–H and O–H groups in total. The first kappa shape index (κ1) is 13.5. The molecule has 0 radical (unpaired) electrons. The topological polar surface area (TPSA) is 40.5 Å². The number of hydrogen-bond acceptors (Lipinski definition) is 3. The summed E-state index contributed by atoms with van der Waals surface area (Å²) in [5, 5.41) is 9.91. The van der Waals surface area contributed by atoms with Crippen LogP contribution in [0.3, 0.4) is 0 Å². The van der Waals surface area contributed by atoms with E-state index >= 15 is 0 Å². The van der Waals surface area contributed by atoms with E-state index in [9.17, 15) is 9.90 Å². The standard InChI is InChI=1S/C14H18ClNO2/c15-13-5-3-12(4-6-13)14(10-18)16-7-1-2-11(8-16)9-17/h3-6,10-11,14,17H,1-2,7-9H2. The zero-order valence-electron chi connectivity index (χ0n) is 10.3. The highest BCUT2D eigenvalue weighted by Crippen LogP contribution is 2.26. The fourth-order valence-corrected chi connectivity index (χ4v) is 2.66. The van der Waals surface area contributed by atoms with Crippen molar-refractivity contribution in [2.75, 3.05) is 19.7 Å². The van der Waals surface area contributed by atoms with Crippen LogP contribution in [0, 0.1) is 5.92 Å². The van der Waals surface area contributed by atoms with Crippen molar-refractivity contribution in [2.45, 2.75) is 18.9 Å². The number of aliphatic hydroxyl groups is 1. The molecule has 0 spiro atoms. The first-order valence-electron chi connectivity index (χ1n) is 6.30. The van der Waals surface area contributed by atoms with Gasteiger partial charge >= 0.3 is 0 Å². The van der Waals surface area contributed by atoms with Crippen molar-refractivity contribution in [1.82, 2.24) is 4.90 Å². The Bertz CT molecular complexity index is 393. The molecule has 2 unspecified atom stereocenters. The van der Waals surface area contributed by atoms with E-state index < -0.39 is 0 Å². The number of piperidine rings is 1. The maximum Gasteiger partial charge on any atom is 0.141 e. The van der Waals surface area contributed by atoms with Crippen molar-refractivity contribution in [3.8, 4) is 0 Å². The van der Waals surface area contributed by atoms with Crippen LogP contribution in [0.25, 0.3) is 0 Å². The average molecular weight is 268 g/mol. The maximum atomic E-state index is 11.3. The van der Waals surface area contributed by atoms with E-state index in [1.165, 1.54) is 0 Å².